The molecule has 0 fully saturated rings. The SMILES string of the molecule is CCCCNC(=O)c1nc[nH]c1C(=O)Oc1ccccc1. The van der Waals surface area contributed by atoms with E-state index >= 15 is 0 Å². The predicted molar refractivity (Wildman–Crippen MR) is 77.2 cm³/mol. The third kappa shape index (κ3) is 3.92. The lowest BCUT2D eigenvalue weighted by Crippen LogP contribution is -2.27. The van der Waals surface area contributed by atoms with Crippen molar-refractivity contribution in [1.82, 2.24) is 15.3 Å². The van der Waals surface area contributed by atoms with E-state index in [9.17, 15) is 9.59 Å². The van der Waals surface area contributed by atoms with E-state index in [1.807, 2.05) is 13.0 Å². The van der Waals surface area contributed by atoms with Crippen molar-refractivity contribution in [2.45, 2.75) is 19.8 Å². The molecule has 110 valence electrons. The van der Waals surface area contributed by atoms with E-state index in [1.54, 1.807) is 24.3 Å². The largest absolute Gasteiger partial charge is 0.422 e. The molecule has 6 heteroatoms. The molecular weight excluding hydrogens is 270 g/mol. The number of H-pyrrole nitrogens is 1. The van der Waals surface area contributed by atoms with E-state index in [4.69, 9.17) is 4.74 Å². The van der Waals surface area contributed by atoms with Crippen molar-refractivity contribution in [3.63, 3.8) is 0 Å². The zero-order chi connectivity index (χ0) is 15.1. The van der Waals surface area contributed by atoms with E-state index in [-0.39, 0.29) is 17.3 Å². The van der Waals surface area contributed by atoms with E-state index in [2.05, 4.69) is 15.3 Å². The maximum atomic E-state index is 12.1. The minimum atomic E-state index is -0.639. The second kappa shape index (κ2) is 7.23. The van der Waals surface area contributed by atoms with Gasteiger partial charge in [-0.05, 0) is 18.6 Å². The third-order valence-electron chi connectivity index (χ3n) is 2.83. The smallest absolute Gasteiger partial charge is 0.362 e. The number of benzene rings is 1. The van der Waals surface area contributed by atoms with Gasteiger partial charge in [-0.25, -0.2) is 9.78 Å². The molecule has 0 aliphatic rings. The number of unbranched alkanes of at least 4 members (excludes halogenated alkanes) is 1. The molecule has 1 aromatic heterocycles. The lowest BCUT2D eigenvalue weighted by atomic mass is 10.3. The highest BCUT2D eigenvalue weighted by Gasteiger charge is 2.21. The van der Waals surface area contributed by atoms with Gasteiger partial charge in [-0.15, -0.1) is 0 Å². The maximum Gasteiger partial charge on any atom is 0.362 e. The molecule has 0 saturated carbocycles. The molecule has 1 heterocycles. The van der Waals surface area contributed by atoms with Crippen molar-refractivity contribution < 1.29 is 14.3 Å². The van der Waals surface area contributed by atoms with Crippen LogP contribution in [0.4, 0.5) is 0 Å². The summed E-state index contributed by atoms with van der Waals surface area (Å²) in [5, 5.41) is 2.72. The van der Waals surface area contributed by atoms with Gasteiger partial charge in [-0.1, -0.05) is 31.5 Å². The first-order valence-corrected chi connectivity index (χ1v) is 6.81. The van der Waals surface area contributed by atoms with Crippen LogP contribution in [-0.4, -0.2) is 28.4 Å². The fourth-order valence-electron chi connectivity index (χ4n) is 1.73. The monoisotopic (exact) mass is 287 g/mol. The summed E-state index contributed by atoms with van der Waals surface area (Å²) in [7, 11) is 0. The summed E-state index contributed by atoms with van der Waals surface area (Å²) in [6.45, 7) is 2.58. The number of carbonyl (C=O) groups is 2. The second-order valence-electron chi connectivity index (χ2n) is 4.44. The van der Waals surface area contributed by atoms with E-state index in [0.29, 0.717) is 12.3 Å². The van der Waals surface area contributed by atoms with Gasteiger partial charge < -0.3 is 15.0 Å². The fourth-order valence-corrected chi connectivity index (χ4v) is 1.73. The molecule has 0 spiro atoms. The molecule has 0 radical (unpaired) electrons. The van der Waals surface area contributed by atoms with Gasteiger partial charge in [0.2, 0.25) is 0 Å². The van der Waals surface area contributed by atoms with Gasteiger partial charge in [0.05, 0.1) is 6.33 Å². The molecule has 0 aliphatic carbocycles. The number of nitrogens with one attached hydrogen (secondary N) is 2. The van der Waals surface area contributed by atoms with Crippen LogP contribution in [0.3, 0.4) is 0 Å². The number of carbonyl (C=O) groups excluding carboxylic acids is 2. The Bertz CT molecular complexity index is 608. The van der Waals surface area contributed by atoms with Crippen LogP contribution in [0.15, 0.2) is 36.7 Å². The summed E-state index contributed by atoms with van der Waals surface area (Å²) in [4.78, 5) is 30.6. The summed E-state index contributed by atoms with van der Waals surface area (Å²) in [5.41, 5.74) is 0.0971. The Labute approximate surface area is 122 Å². The van der Waals surface area contributed by atoms with E-state index in [0.717, 1.165) is 12.8 Å². The van der Waals surface area contributed by atoms with Crippen LogP contribution in [0.1, 0.15) is 40.7 Å². The molecule has 21 heavy (non-hydrogen) atoms. The van der Waals surface area contributed by atoms with Gasteiger partial charge in [0.1, 0.15) is 5.75 Å². The summed E-state index contributed by atoms with van der Waals surface area (Å²) >= 11 is 0. The van der Waals surface area contributed by atoms with Crippen LogP contribution in [0.5, 0.6) is 5.75 Å². The van der Waals surface area contributed by atoms with Crippen LogP contribution in [0, 0.1) is 0 Å². The first-order chi connectivity index (χ1) is 10.2. The molecule has 0 bridgehead atoms. The highest BCUT2D eigenvalue weighted by Crippen LogP contribution is 2.12. The van der Waals surface area contributed by atoms with Crippen LogP contribution >= 0.6 is 0 Å². The Morgan fingerprint density at radius 1 is 1.29 bits per heavy atom. The Morgan fingerprint density at radius 2 is 2.05 bits per heavy atom. The minimum Gasteiger partial charge on any atom is -0.422 e. The zero-order valence-electron chi connectivity index (χ0n) is 11.8. The summed E-state index contributed by atoms with van der Waals surface area (Å²) in [6, 6.07) is 8.66. The van der Waals surface area contributed by atoms with Gasteiger partial charge >= 0.3 is 5.97 Å². The Morgan fingerprint density at radius 3 is 2.76 bits per heavy atom. The number of aromatic amines is 1. The number of hydrogen-bond acceptors (Lipinski definition) is 4. The minimum absolute atomic E-state index is 0.0482. The fraction of sp³-hybridized carbons (Fsp3) is 0.267. The summed E-state index contributed by atoms with van der Waals surface area (Å²) in [5.74, 6) is -0.613. The standard InChI is InChI=1S/C15H17N3O3/c1-2-3-9-16-14(19)12-13(18-10-17-12)15(20)21-11-7-5-4-6-8-11/h4-8,10H,2-3,9H2,1H3,(H,16,19)(H,17,18). The van der Waals surface area contributed by atoms with Crippen molar-refractivity contribution in [3.05, 3.63) is 48.0 Å². The predicted octanol–water partition coefficient (Wildman–Crippen LogP) is 2.16. The topological polar surface area (TPSA) is 84.1 Å². The van der Waals surface area contributed by atoms with Gasteiger partial charge in [-0.2, -0.15) is 0 Å². The highest BCUT2D eigenvalue weighted by molar-refractivity contribution is 6.03. The number of nitrogens with zero attached hydrogens (tertiary/aromatic N) is 1. The van der Waals surface area contributed by atoms with Crippen molar-refractivity contribution >= 4 is 11.9 Å². The molecule has 2 rings (SSSR count). The number of hydrogen-bond donors (Lipinski definition) is 2. The second-order valence-corrected chi connectivity index (χ2v) is 4.44. The molecule has 0 atom stereocenters. The Kier molecular flexibility index (Phi) is 5.09. The third-order valence-corrected chi connectivity index (χ3v) is 2.83. The number of para-hydroxylation sites is 1. The molecule has 2 aromatic rings. The molecule has 1 amide bonds. The molecule has 2 N–H and O–H groups in total. The average molecular weight is 287 g/mol. The number of rotatable bonds is 6. The van der Waals surface area contributed by atoms with Crippen LogP contribution in [-0.2, 0) is 0 Å². The zero-order valence-corrected chi connectivity index (χ0v) is 11.8. The van der Waals surface area contributed by atoms with Gasteiger partial charge in [0.25, 0.3) is 5.91 Å². The molecule has 1 aromatic carbocycles. The van der Waals surface area contributed by atoms with Gasteiger partial charge in [-0.3, -0.25) is 4.79 Å². The lowest BCUT2D eigenvalue weighted by Gasteiger charge is -2.05. The van der Waals surface area contributed by atoms with Crippen molar-refractivity contribution in [1.29, 1.82) is 0 Å². The van der Waals surface area contributed by atoms with Crippen molar-refractivity contribution in [2.75, 3.05) is 6.54 Å². The lowest BCUT2D eigenvalue weighted by molar-refractivity contribution is 0.0722. The molecular formula is C15H17N3O3. The molecule has 0 aliphatic heterocycles. The molecule has 0 unspecified atom stereocenters. The van der Waals surface area contributed by atoms with Crippen LogP contribution < -0.4 is 10.1 Å². The van der Waals surface area contributed by atoms with Crippen molar-refractivity contribution in [3.8, 4) is 5.75 Å². The number of ether oxygens (including phenoxy) is 1. The van der Waals surface area contributed by atoms with Crippen LogP contribution in [0.2, 0.25) is 0 Å². The average Bonchev–Trinajstić information content (AvgIpc) is 2.98. The van der Waals surface area contributed by atoms with Gasteiger partial charge in [0, 0.05) is 6.54 Å². The van der Waals surface area contributed by atoms with Gasteiger partial charge in [0.15, 0.2) is 11.4 Å². The van der Waals surface area contributed by atoms with Crippen LogP contribution in [0.25, 0.3) is 0 Å². The summed E-state index contributed by atoms with van der Waals surface area (Å²) < 4.78 is 5.19. The molecule has 0 saturated heterocycles. The number of aromatic nitrogens is 2. The van der Waals surface area contributed by atoms with Crippen molar-refractivity contribution in [2.24, 2.45) is 0 Å². The Hall–Kier alpha value is -2.63. The number of imidazole rings is 1. The summed E-state index contributed by atoms with van der Waals surface area (Å²) in [6.07, 6.45) is 3.15. The number of amides is 1. The van der Waals surface area contributed by atoms with E-state index in [1.165, 1.54) is 6.33 Å². The molecule has 6 nitrogen and oxygen atoms in total. The normalized spacial score (nSPS) is 10.1. The first-order valence-electron chi connectivity index (χ1n) is 6.81. The first kappa shape index (κ1) is 14.8. The van der Waals surface area contributed by atoms with E-state index < -0.39 is 5.97 Å². The Balaban J connectivity index is 2.05. The number of esters is 1. The maximum absolute atomic E-state index is 12.1. The quantitative estimate of drug-likeness (QED) is 0.484. The highest BCUT2D eigenvalue weighted by atomic mass is 16.5.